The van der Waals surface area contributed by atoms with Crippen molar-refractivity contribution in [2.24, 2.45) is 5.73 Å². The number of nitrogens with one attached hydrogen (secondary N) is 1. The average molecular weight is 482 g/mol. The van der Waals surface area contributed by atoms with Gasteiger partial charge < -0.3 is 30.8 Å². The van der Waals surface area contributed by atoms with Crippen molar-refractivity contribution in [3.8, 4) is 5.75 Å². The van der Waals surface area contributed by atoms with Gasteiger partial charge in [0, 0.05) is 19.1 Å². The zero-order valence-electron chi connectivity index (χ0n) is 17.7. The van der Waals surface area contributed by atoms with E-state index in [2.05, 4.69) is 20.3 Å². The number of fused-ring (bicyclic) bond motifs is 1. The van der Waals surface area contributed by atoms with Crippen LogP contribution >= 0.6 is 23.2 Å². The quantitative estimate of drug-likeness (QED) is 0.375. The van der Waals surface area contributed by atoms with Gasteiger partial charge in [0.1, 0.15) is 17.6 Å². The van der Waals surface area contributed by atoms with E-state index in [-0.39, 0.29) is 23.3 Å². The number of nitrogen functional groups attached to an aromatic ring is 1. The van der Waals surface area contributed by atoms with Gasteiger partial charge in [-0.1, -0.05) is 36.5 Å². The van der Waals surface area contributed by atoms with Gasteiger partial charge in [-0.25, -0.2) is 15.0 Å². The first-order valence-corrected chi connectivity index (χ1v) is 10.7. The molecule has 0 aliphatic heterocycles. The number of anilines is 1. The Bertz CT molecular complexity index is 1090. The molecule has 0 unspecified atom stereocenters. The molecule has 0 saturated carbocycles. The molecular formula is C20H25Cl2N7O3. The van der Waals surface area contributed by atoms with Gasteiger partial charge >= 0.3 is 0 Å². The number of unbranched alkanes of at least 4 members (excludes halogenated alkanes) is 1. The molecule has 12 heteroatoms. The monoisotopic (exact) mass is 481 g/mol. The predicted octanol–water partition coefficient (Wildman–Crippen LogP) is 2.71. The molecule has 1 aromatic carbocycles. The maximum Gasteiger partial charge on any atom is 0.222 e. The second kappa shape index (κ2) is 10.8. The second-order valence-electron chi connectivity index (χ2n) is 7.05. The number of carbonyl (C=O) groups is 1. The lowest BCUT2D eigenvalue weighted by Gasteiger charge is -2.26. The van der Waals surface area contributed by atoms with Crippen molar-refractivity contribution in [3.63, 3.8) is 0 Å². The number of carbonyl (C=O) groups excluding carboxylic acids is 1. The number of imidazole rings is 1. The summed E-state index contributed by atoms with van der Waals surface area (Å²) >= 11 is 12.8. The number of hydrogen-bond donors (Lipinski definition) is 3. The smallest absolute Gasteiger partial charge is 0.222 e. The summed E-state index contributed by atoms with van der Waals surface area (Å²) in [6.45, 7) is 2.23. The summed E-state index contributed by atoms with van der Waals surface area (Å²) in [6, 6.07) is 3.25. The number of nitrogens with zero attached hydrogens (tertiary/aromatic N) is 4. The van der Waals surface area contributed by atoms with Crippen molar-refractivity contribution in [2.75, 3.05) is 12.8 Å². The zero-order chi connectivity index (χ0) is 23.3. The standard InChI is InChI=1S/C20H25Cl2N7O3/c1-3-4-5-14(30)28-20(18(24)31-2)32-13-7-6-12(21)15(22)11(13)8-29-10-27-16-17(23)25-9-26-19(16)29/h6-7,9-10,18,20H,3-5,8,24H2,1-2H3,(H,28,30)(H2,23,25,26)/t18-,20-/m1/s1. The number of nitrogens with two attached hydrogens (primary N) is 2. The summed E-state index contributed by atoms with van der Waals surface area (Å²) < 4.78 is 13.0. The number of ether oxygens (including phenoxy) is 2. The maximum absolute atomic E-state index is 12.3. The number of hydrogen-bond acceptors (Lipinski definition) is 8. The molecule has 2 aromatic heterocycles. The van der Waals surface area contributed by atoms with Crippen molar-refractivity contribution in [1.29, 1.82) is 0 Å². The third kappa shape index (κ3) is 5.39. The van der Waals surface area contributed by atoms with Crippen LogP contribution in [-0.4, -0.2) is 45.0 Å². The van der Waals surface area contributed by atoms with Gasteiger partial charge in [0.25, 0.3) is 0 Å². The second-order valence-corrected chi connectivity index (χ2v) is 7.84. The largest absolute Gasteiger partial charge is 0.466 e. The zero-order valence-corrected chi connectivity index (χ0v) is 19.2. The van der Waals surface area contributed by atoms with Crippen molar-refractivity contribution >= 4 is 46.1 Å². The third-order valence-electron chi connectivity index (χ3n) is 4.80. The molecule has 0 spiro atoms. The molecule has 0 radical (unpaired) electrons. The van der Waals surface area contributed by atoms with Crippen molar-refractivity contribution in [1.82, 2.24) is 24.8 Å². The summed E-state index contributed by atoms with van der Waals surface area (Å²) in [5.41, 5.74) is 13.4. The highest BCUT2D eigenvalue weighted by Crippen LogP contribution is 2.35. The topological polar surface area (TPSA) is 143 Å². The summed E-state index contributed by atoms with van der Waals surface area (Å²) in [5, 5.41) is 3.39. The van der Waals surface area contributed by atoms with E-state index >= 15 is 0 Å². The highest BCUT2D eigenvalue weighted by atomic mass is 35.5. The molecule has 1 amide bonds. The lowest BCUT2D eigenvalue weighted by Crippen LogP contribution is -2.52. The van der Waals surface area contributed by atoms with Crippen LogP contribution in [0.4, 0.5) is 5.82 Å². The first-order valence-electron chi connectivity index (χ1n) is 9.98. The van der Waals surface area contributed by atoms with E-state index in [1.807, 2.05) is 6.92 Å². The molecular weight excluding hydrogens is 457 g/mol. The van der Waals surface area contributed by atoms with E-state index in [9.17, 15) is 4.79 Å². The van der Waals surface area contributed by atoms with E-state index in [1.54, 1.807) is 23.0 Å². The summed E-state index contributed by atoms with van der Waals surface area (Å²) in [4.78, 5) is 24.7. The molecule has 0 saturated heterocycles. The molecule has 3 rings (SSSR count). The van der Waals surface area contributed by atoms with Crippen LogP contribution in [0.25, 0.3) is 11.2 Å². The van der Waals surface area contributed by atoms with Gasteiger partial charge in [-0.15, -0.1) is 0 Å². The minimum atomic E-state index is -0.946. The maximum atomic E-state index is 12.3. The first-order chi connectivity index (χ1) is 15.3. The number of amides is 1. The number of methoxy groups -OCH3 is 1. The van der Waals surface area contributed by atoms with Gasteiger partial charge in [0.2, 0.25) is 12.1 Å². The molecule has 2 heterocycles. The van der Waals surface area contributed by atoms with Gasteiger partial charge in [-0.05, 0) is 18.6 Å². The fraction of sp³-hybridized carbons (Fsp3) is 0.400. The van der Waals surface area contributed by atoms with Gasteiger partial charge in [0.15, 0.2) is 17.7 Å². The molecule has 0 aliphatic carbocycles. The summed E-state index contributed by atoms with van der Waals surface area (Å²) in [7, 11) is 1.43. The average Bonchev–Trinajstić information content (AvgIpc) is 3.20. The highest BCUT2D eigenvalue weighted by molar-refractivity contribution is 6.42. The lowest BCUT2D eigenvalue weighted by atomic mass is 10.2. The van der Waals surface area contributed by atoms with Gasteiger partial charge in [-0.2, -0.15) is 0 Å². The Morgan fingerprint density at radius 3 is 2.78 bits per heavy atom. The SMILES string of the molecule is CCCCC(=O)N[C@H](Oc1ccc(Cl)c(Cl)c1Cn1cnc2c(N)ncnc21)[C@H](N)OC. The normalized spacial score (nSPS) is 13.2. The molecule has 10 nitrogen and oxygen atoms in total. The van der Waals surface area contributed by atoms with Gasteiger partial charge in [-0.3, -0.25) is 4.79 Å². The van der Waals surface area contributed by atoms with E-state index in [0.29, 0.717) is 33.9 Å². The van der Waals surface area contributed by atoms with Crippen molar-refractivity contribution in [3.05, 3.63) is 40.4 Å². The van der Waals surface area contributed by atoms with E-state index in [0.717, 1.165) is 12.8 Å². The van der Waals surface area contributed by atoms with Crippen LogP contribution in [0.3, 0.4) is 0 Å². The van der Waals surface area contributed by atoms with Crippen molar-refractivity contribution in [2.45, 2.75) is 45.2 Å². The fourth-order valence-corrected chi connectivity index (χ4v) is 3.42. The lowest BCUT2D eigenvalue weighted by molar-refractivity contribution is -0.126. The van der Waals surface area contributed by atoms with Crippen LogP contribution in [-0.2, 0) is 16.1 Å². The minimum Gasteiger partial charge on any atom is -0.466 e. The molecule has 32 heavy (non-hydrogen) atoms. The Morgan fingerprint density at radius 2 is 2.06 bits per heavy atom. The van der Waals surface area contributed by atoms with Crippen LogP contribution < -0.4 is 21.5 Å². The minimum absolute atomic E-state index is 0.196. The van der Waals surface area contributed by atoms with Crippen LogP contribution in [0.1, 0.15) is 31.7 Å². The first kappa shape index (κ1) is 24.0. The Balaban J connectivity index is 1.93. The molecule has 2 atom stereocenters. The van der Waals surface area contributed by atoms with E-state index < -0.39 is 12.5 Å². The summed E-state index contributed by atoms with van der Waals surface area (Å²) in [6.07, 6.45) is 3.05. The molecule has 0 aliphatic rings. The van der Waals surface area contributed by atoms with E-state index in [4.69, 9.17) is 44.1 Å². The summed E-state index contributed by atoms with van der Waals surface area (Å²) in [5.74, 6) is 0.443. The third-order valence-corrected chi connectivity index (χ3v) is 5.64. The molecule has 0 fully saturated rings. The van der Waals surface area contributed by atoms with Crippen molar-refractivity contribution < 1.29 is 14.3 Å². The van der Waals surface area contributed by atoms with Crippen LogP contribution in [0.15, 0.2) is 24.8 Å². The fourth-order valence-electron chi connectivity index (χ4n) is 3.02. The van der Waals surface area contributed by atoms with Crippen LogP contribution in [0, 0.1) is 0 Å². The Morgan fingerprint density at radius 1 is 1.28 bits per heavy atom. The highest BCUT2D eigenvalue weighted by Gasteiger charge is 2.24. The number of aromatic nitrogens is 4. The predicted molar refractivity (Wildman–Crippen MR) is 122 cm³/mol. The van der Waals surface area contributed by atoms with Crippen LogP contribution in [0.2, 0.25) is 10.0 Å². The molecule has 5 N–H and O–H groups in total. The number of rotatable bonds is 10. The Labute approximate surface area is 195 Å². The molecule has 172 valence electrons. The van der Waals surface area contributed by atoms with E-state index in [1.165, 1.54) is 13.4 Å². The van der Waals surface area contributed by atoms with Crippen LogP contribution in [0.5, 0.6) is 5.75 Å². The Hall–Kier alpha value is -2.66. The Kier molecular flexibility index (Phi) is 8.08. The number of halogens is 2. The molecule has 3 aromatic rings. The molecule has 0 bridgehead atoms. The van der Waals surface area contributed by atoms with Gasteiger partial charge in [0.05, 0.1) is 22.9 Å². The number of benzene rings is 1.